The Morgan fingerprint density at radius 2 is 1.20 bits per heavy atom. The van der Waals surface area contributed by atoms with Crippen molar-refractivity contribution >= 4 is 17.8 Å². The van der Waals surface area contributed by atoms with Crippen molar-refractivity contribution in [3.05, 3.63) is 85.1 Å². The van der Waals surface area contributed by atoms with Gasteiger partial charge in [-0.15, -0.1) is 0 Å². The molecule has 7 nitrogen and oxygen atoms in total. The molecule has 0 aliphatic rings. The SMILES string of the molecule is CC/C=C\C/C=C\C/C=C\C/C=C\C/C=C\C/C=C\CCC(=O)OC(/C=C\CCCCC)CCCCCCC(=O)NC(CCCN)C(=O)O. The van der Waals surface area contributed by atoms with Crippen molar-refractivity contribution in [1.82, 2.24) is 5.32 Å². The Kier molecular flexibility index (Phi) is 33.3. The number of carbonyl (C=O) groups excluding carboxylic acids is 2. The maximum absolute atomic E-state index is 12.6. The highest BCUT2D eigenvalue weighted by atomic mass is 16.5. The molecule has 0 aliphatic carbocycles. The van der Waals surface area contributed by atoms with Gasteiger partial charge in [0, 0.05) is 12.8 Å². The van der Waals surface area contributed by atoms with Crippen LogP contribution in [0.5, 0.6) is 0 Å². The number of esters is 1. The average molecular weight is 681 g/mol. The van der Waals surface area contributed by atoms with Crippen LogP contribution >= 0.6 is 0 Å². The Morgan fingerprint density at radius 1 is 0.633 bits per heavy atom. The fourth-order valence-electron chi connectivity index (χ4n) is 4.85. The van der Waals surface area contributed by atoms with Crippen LogP contribution in [0.2, 0.25) is 0 Å². The second-order valence-corrected chi connectivity index (χ2v) is 12.2. The van der Waals surface area contributed by atoms with Crippen LogP contribution in [-0.4, -0.2) is 41.6 Å². The average Bonchev–Trinajstić information content (AvgIpc) is 3.08. The van der Waals surface area contributed by atoms with Crippen LogP contribution in [0, 0.1) is 0 Å². The molecule has 0 spiro atoms. The molecule has 0 aliphatic heterocycles. The molecular formula is C42H68N2O5. The van der Waals surface area contributed by atoms with Gasteiger partial charge in [0.25, 0.3) is 0 Å². The van der Waals surface area contributed by atoms with Gasteiger partial charge in [-0.05, 0) is 103 Å². The highest BCUT2D eigenvalue weighted by Gasteiger charge is 2.18. The quantitative estimate of drug-likeness (QED) is 0.0370. The van der Waals surface area contributed by atoms with E-state index in [1.807, 2.05) is 12.2 Å². The number of hydrogen-bond acceptors (Lipinski definition) is 5. The van der Waals surface area contributed by atoms with Crippen molar-refractivity contribution in [3.8, 4) is 0 Å². The lowest BCUT2D eigenvalue weighted by molar-refractivity contribution is -0.147. The van der Waals surface area contributed by atoms with Crippen LogP contribution < -0.4 is 11.1 Å². The maximum Gasteiger partial charge on any atom is 0.326 e. The number of ether oxygens (including phenoxy) is 1. The summed E-state index contributed by atoms with van der Waals surface area (Å²) in [7, 11) is 0. The van der Waals surface area contributed by atoms with E-state index in [0.717, 1.165) is 77.0 Å². The number of hydrogen-bond donors (Lipinski definition) is 3. The number of carboxylic acids is 1. The molecule has 49 heavy (non-hydrogen) atoms. The van der Waals surface area contributed by atoms with Gasteiger partial charge in [0.15, 0.2) is 0 Å². The van der Waals surface area contributed by atoms with Gasteiger partial charge < -0.3 is 20.9 Å². The minimum Gasteiger partial charge on any atom is -0.480 e. The molecule has 2 atom stereocenters. The van der Waals surface area contributed by atoms with Gasteiger partial charge >= 0.3 is 11.9 Å². The van der Waals surface area contributed by atoms with E-state index in [9.17, 15) is 19.5 Å². The van der Waals surface area contributed by atoms with Crippen molar-refractivity contribution in [3.63, 3.8) is 0 Å². The summed E-state index contributed by atoms with van der Waals surface area (Å²) in [5.41, 5.74) is 5.46. The zero-order valence-electron chi connectivity index (χ0n) is 30.7. The molecule has 0 aromatic carbocycles. The summed E-state index contributed by atoms with van der Waals surface area (Å²) in [5.74, 6) is -1.44. The number of nitrogens with one attached hydrogen (secondary N) is 1. The molecule has 0 heterocycles. The van der Waals surface area contributed by atoms with E-state index in [0.29, 0.717) is 45.1 Å². The van der Waals surface area contributed by atoms with Gasteiger partial charge in [-0.1, -0.05) is 119 Å². The summed E-state index contributed by atoms with van der Waals surface area (Å²) < 4.78 is 5.82. The first-order chi connectivity index (χ1) is 23.9. The lowest BCUT2D eigenvalue weighted by atomic mass is 10.1. The fraction of sp³-hybridized carbons (Fsp3) is 0.595. The van der Waals surface area contributed by atoms with Crippen molar-refractivity contribution in [2.75, 3.05) is 6.54 Å². The van der Waals surface area contributed by atoms with E-state index in [-0.39, 0.29) is 18.0 Å². The molecule has 0 rings (SSSR count). The first kappa shape index (κ1) is 45.6. The van der Waals surface area contributed by atoms with Crippen LogP contribution in [0.3, 0.4) is 0 Å². The smallest absolute Gasteiger partial charge is 0.326 e. The van der Waals surface area contributed by atoms with Crippen LogP contribution in [0.25, 0.3) is 0 Å². The Balaban J connectivity index is 4.30. The van der Waals surface area contributed by atoms with Crippen molar-refractivity contribution in [2.24, 2.45) is 5.73 Å². The van der Waals surface area contributed by atoms with Crippen LogP contribution in [0.15, 0.2) is 85.1 Å². The topological polar surface area (TPSA) is 119 Å². The molecule has 276 valence electrons. The number of nitrogens with two attached hydrogens (primary N) is 1. The molecule has 0 saturated carbocycles. The predicted octanol–water partition coefficient (Wildman–Crippen LogP) is 10.2. The molecule has 0 bridgehead atoms. The first-order valence-corrected chi connectivity index (χ1v) is 18.9. The third kappa shape index (κ3) is 32.9. The lowest BCUT2D eigenvalue weighted by Crippen LogP contribution is -2.40. The lowest BCUT2D eigenvalue weighted by Gasteiger charge is -2.15. The number of unbranched alkanes of at least 4 members (excludes halogenated alkanes) is 6. The highest BCUT2D eigenvalue weighted by molar-refractivity contribution is 5.83. The second kappa shape index (κ2) is 35.8. The molecule has 2 unspecified atom stereocenters. The van der Waals surface area contributed by atoms with E-state index in [4.69, 9.17) is 10.5 Å². The van der Waals surface area contributed by atoms with Crippen molar-refractivity contribution < 1.29 is 24.2 Å². The van der Waals surface area contributed by atoms with E-state index < -0.39 is 12.0 Å². The number of amides is 1. The number of rotatable bonds is 32. The number of carboxylic acid groups (broad SMARTS) is 1. The molecule has 0 aromatic heterocycles. The van der Waals surface area contributed by atoms with Gasteiger partial charge in [-0.3, -0.25) is 9.59 Å². The summed E-state index contributed by atoms with van der Waals surface area (Å²) in [5, 5.41) is 11.9. The van der Waals surface area contributed by atoms with Crippen LogP contribution in [-0.2, 0) is 19.1 Å². The Morgan fingerprint density at radius 3 is 1.76 bits per heavy atom. The summed E-state index contributed by atoms with van der Waals surface area (Å²) in [6.45, 7) is 4.73. The van der Waals surface area contributed by atoms with Gasteiger partial charge in [0.2, 0.25) is 5.91 Å². The summed E-state index contributed by atoms with van der Waals surface area (Å²) in [6.07, 6.45) is 46.6. The van der Waals surface area contributed by atoms with E-state index in [1.54, 1.807) is 0 Å². The molecular weight excluding hydrogens is 612 g/mol. The zero-order chi connectivity index (χ0) is 36.0. The number of allylic oxidation sites excluding steroid dienone is 13. The summed E-state index contributed by atoms with van der Waals surface area (Å²) in [4.78, 5) is 36.0. The minimum absolute atomic E-state index is 0.179. The van der Waals surface area contributed by atoms with Crippen LogP contribution in [0.4, 0.5) is 0 Å². The third-order valence-electron chi connectivity index (χ3n) is 7.69. The number of carbonyl (C=O) groups is 3. The molecule has 0 fully saturated rings. The Labute approximate surface area is 298 Å². The van der Waals surface area contributed by atoms with Crippen molar-refractivity contribution in [2.45, 2.75) is 154 Å². The molecule has 1 amide bonds. The molecule has 0 aromatic rings. The normalized spacial score (nSPS) is 13.7. The molecule has 0 radical (unpaired) electrons. The summed E-state index contributed by atoms with van der Waals surface area (Å²) >= 11 is 0. The zero-order valence-corrected chi connectivity index (χ0v) is 30.7. The van der Waals surface area contributed by atoms with Gasteiger partial charge in [-0.25, -0.2) is 4.79 Å². The first-order valence-electron chi connectivity index (χ1n) is 18.9. The number of aliphatic carboxylic acids is 1. The van der Waals surface area contributed by atoms with E-state index in [2.05, 4.69) is 92.1 Å². The summed E-state index contributed by atoms with van der Waals surface area (Å²) in [6, 6.07) is -0.880. The molecule has 0 saturated heterocycles. The maximum atomic E-state index is 12.6. The standard InChI is InChI=1S/C42H68N2O5/c1-3-5-7-9-10-11-12-13-14-15-16-17-18-19-20-21-22-24-30-36-41(46)49-38(32-27-23-8-6-4-2)33-28-25-26-29-35-40(45)44-39(42(47)48)34-31-37-43/h5,7,10-11,13-14,16-17,19-20,22,24,27,32,38-39H,3-4,6,8-9,12,15,18,21,23,25-26,28-31,33-37,43H2,1-2H3,(H,44,45)(H,47,48)/b7-5-,11-10-,14-13-,17-16-,20-19-,24-22-,32-27-. The van der Waals surface area contributed by atoms with Crippen molar-refractivity contribution in [1.29, 1.82) is 0 Å². The Hall–Kier alpha value is -3.45. The fourth-order valence-corrected chi connectivity index (χ4v) is 4.85. The Bertz CT molecular complexity index is 1040. The predicted molar refractivity (Wildman–Crippen MR) is 206 cm³/mol. The third-order valence-corrected chi connectivity index (χ3v) is 7.69. The van der Waals surface area contributed by atoms with Gasteiger partial charge in [0.05, 0.1) is 0 Å². The van der Waals surface area contributed by atoms with E-state index >= 15 is 0 Å². The second-order valence-electron chi connectivity index (χ2n) is 12.2. The molecule has 4 N–H and O–H groups in total. The van der Waals surface area contributed by atoms with Crippen LogP contribution in [0.1, 0.15) is 142 Å². The highest BCUT2D eigenvalue weighted by Crippen LogP contribution is 2.14. The van der Waals surface area contributed by atoms with Gasteiger partial charge in [0.1, 0.15) is 12.1 Å². The monoisotopic (exact) mass is 681 g/mol. The van der Waals surface area contributed by atoms with E-state index in [1.165, 1.54) is 12.8 Å². The molecule has 7 heteroatoms. The minimum atomic E-state index is -1.03. The van der Waals surface area contributed by atoms with Gasteiger partial charge in [-0.2, -0.15) is 0 Å². The largest absolute Gasteiger partial charge is 0.480 e.